The van der Waals surface area contributed by atoms with Crippen molar-refractivity contribution in [3.8, 4) is 0 Å². The minimum absolute atomic E-state index is 0.0295. The van der Waals surface area contributed by atoms with Crippen LogP contribution < -0.4 is 5.32 Å². The summed E-state index contributed by atoms with van der Waals surface area (Å²) in [5.41, 5.74) is 2.04. The molecule has 1 heterocycles. The molecular weight excluding hydrogens is 284 g/mol. The summed E-state index contributed by atoms with van der Waals surface area (Å²) in [4.78, 5) is 14.1. The fourth-order valence-electron chi connectivity index (χ4n) is 2.69. The Morgan fingerprint density at radius 3 is 3.05 bits per heavy atom. The average Bonchev–Trinajstić information content (AvgIpc) is 2.86. The molecule has 2 amide bonds. The molecule has 4 nitrogen and oxygen atoms in total. The highest BCUT2D eigenvalue weighted by molar-refractivity contribution is 7.98. The Kier molecular flexibility index (Phi) is 5.94. The summed E-state index contributed by atoms with van der Waals surface area (Å²) in [6.07, 6.45) is 0.950. The third-order valence-corrected chi connectivity index (χ3v) is 4.93. The Bertz CT molecular complexity index is 481. The van der Waals surface area contributed by atoms with Gasteiger partial charge in [0.1, 0.15) is 0 Å². The molecule has 0 radical (unpaired) electrons. The number of carbonyl (C=O) groups is 1. The van der Waals surface area contributed by atoms with Crippen molar-refractivity contribution in [1.29, 1.82) is 0 Å². The van der Waals surface area contributed by atoms with Gasteiger partial charge < -0.3 is 15.3 Å². The van der Waals surface area contributed by atoms with Crippen LogP contribution >= 0.6 is 11.8 Å². The highest BCUT2D eigenvalue weighted by Crippen LogP contribution is 2.24. The molecule has 1 aliphatic rings. The predicted octanol–water partition coefficient (Wildman–Crippen LogP) is 3.17. The molecule has 0 spiro atoms. The lowest BCUT2D eigenvalue weighted by atomic mass is 10.0. The summed E-state index contributed by atoms with van der Waals surface area (Å²) in [6, 6.07) is 7.80. The molecule has 1 aromatic carbocycles. The van der Waals surface area contributed by atoms with Crippen molar-refractivity contribution in [2.45, 2.75) is 32.1 Å². The van der Waals surface area contributed by atoms with E-state index in [0.29, 0.717) is 12.5 Å². The molecule has 0 aromatic heterocycles. The van der Waals surface area contributed by atoms with Crippen LogP contribution in [0.1, 0.15) is 25.8 Å². The number of hydrogen-bond acceptors (Lipinski definition) is 3. The number of anilines is 1. The zero-order valence-electron chi connectivity index (χ0n) is 12.7. The number of hydrogen-bond donors (Lipinski definition) is 2. The topological polar surface area (TPSA) is 52.6 Å². The normalized spacial score (nSPS) is 21.6. The number of thioether (sulfide) groups is 1. The van der Waals surface area contributed by atoms with Crippen LogP contribution in [0, 0.1) is 5.92 Å². The third-order valence-electron chi connectivity index (χ3n) is 3.98. The third kappa shape index (κ3) is 4.14. The maximum Gasteiger partial charge on any atom is 0.322 e. The number of likely N-dealkylation sites (tertiary alicyclic amines) is 1. The van der Waals surface area contributed by atoms with Crippen molar-refractivity contribution in [2.75, 3.05) is 24.2 Å². The van der Waals surface area contributed by atoms with E-state index in [-0.39, 0.29) is 18.7 Å². The van der Waals surface area contributed by atoms with Gasteiger partial charge >= 0.3 is 6.03 Å². The van der Waals surface area contributed by atoms with E-state index in [0.717, 1.165) is 23.6 Å². The SMILES string of the molecule is CCSCc1cccc(NC(=O)N2CC[C@@H](C)[C@H]2CO)c1. The number of rotatable bonds is 5. The fraction of sp³-hybridized carbons (Fsp3) is 0.562. The van der Waals surface area contributed by atoms with Gasteiger partial charge in [-0.05, 0) is 35.8 Å². The smallest absolute Gasteiger partial charge is 0.322 e. The van der Waals surface area contributed by atoms with E-state index in [1.807, 2.05) is 30.0 Å². The van der Waals surface area contributed by atoms with Gasteiger partial charge in [-0.2, -0.15) is 11.8 Å². The molecule has 1 fully saturated rings. The molecule has 0 bridgehead atoms. The van der Waals surface area contributed by atoms with Gasteiger partial charge in [0.25, 0.3) is 0 Å². The zero-order valence-corrected chi connectivity index (χ0v) is 13.5. The lowest BCUT2D eigenvalue weighted by molar-refractivity contribution is 0.152. The van der Waals surface area contributed by atoms with Crippen molar-refractivity contribution in [2.24, 2.45) is 5.92 Å². The summed E-state index contributed by atoms with van der Waals surface area (Å²) in [7, 11) is 0. The van der Waals surface area contributed by atoms with Crippen molar-refractivity contribution >= 4 is 23.5 Å². The number of amides is 2. The number of urea groups is 1. The maximum absolute atomic E-state index is 12.4. The highest BCUT2D eigenvalue weighted by Gasteiger charge is 2.33. The van der Waals surface area contributed by atoms with Crippen LogP contribution in [-0.4, -0.2) is 41.0 Å². The number of nitrogens with one attached hydrogen (secondary N) is 1. The first-order chi connectivity index (χ1) is 10.2. The van der Waals surface area contributed by atoms with Crippen LogP contribution in [-0.2, 0) is 5.75 Å². The van der Waals surface area contributed by atoms with Crippen LogP contribution in [0.25, 0.3) is 0 Å². The number of aliphatic hydroxyl groups excluding tert-OH is 1. The van der Waals surface area contributed by atoms with Crippen LogP contribution in [0.15, 0.2) is 24.3 Å². The van der Waals surface area contributed by atoms with Crippen molar-refractivity contribution in [1.82, 2.24) is 4.90 Å². The van der Waals surface area contributed by atoms with E-state index < -0.39 is 0 Å². The molecule has 21 heavy (non-hydrogen) atoms. The Hall–Kier alpha value is -1.20. The second kappa shape index (κ2) is 7.71. The maximum atomic E-state index is 12.4. The molecule has 5 heteroatoms. The Morgan fingerprint density at radius 2 is 2.33 bits per heavy atom. The number of carbonyl (C=O) groups excluding carboxylic acids is 1. The molecule has 2 rings (SSSR count). The minimum atomic E-state index is -0.112. The van der Waals surface area contributed by atoms with Crippen LogP contribution in [0.2, 0.25) is 0 Å². The van der Waals surface area contributed by atoms with Gasteiger partial charge in [0.2, 0.25) is 0 Å². The first kappa shape index (κ1) is 16.2. The fourth-order valence-corrected chi connectivity index (χ4v) is 3.31. The lowest BCUT2D eigenvalue weighted by Gasteiger charge is -2.25. The van der Waals surface area contributed by atoms with E-state index >= 15 is 0 Å². The van der Waals surface area contributed by atoms with Crippen molar-refractivity contribution in [3.05, 3.63) is 29.8 Å². The van der Waals surface area contributed by atoms with E-state index in [9.17, 15) is 9.90 Å². The zero-order chi connectivity index (χ0) is 15.2. The Labute approximate surface area is 130 Å². The van der Waals surface area contributed by atoms with Gasteiger partial charge in [0.05, 0.1) is 12.6 Å². The predicted molar refractivity (Wildman–Crippen MR) is 88.7 cm³/mol. The second-order valence-corrected chi connectivity index (χ2v) is 6.75. The summed E-state index contributed by atoms with van der Waals surface area (Å²) >= 11 is 1.86. The minimum Gasteiger partial charge on any atom is -0.394 e. The van der Waals surface area contributed by atoms with Crippen LogP contribution in [0.4, 0.5) is 10.5 Å². The molecular formula is C16H24N2O2S. The Morgan fingerprint density at radius 1 is 1.52 bits per heavy atom. The highest BCUT2D eigenvalue weighted by atomic mass is 32.2. The summed E-state index contributed by atoms with van der Waals surface area (Å²) in [5, 5.41) is 12.4. The monoisotopic (exact) mass is 308 g/mol. The first-order valence-corrected chi connectivity index (χ1v) is 8.66. The molecule has 1 aromatic rings. The average molecular weight is 308 g/mol. The largest absolute Gasteiger partial charge is 0.394 e. The summed E-state index contributed by atoms with van der Waals surface area (Å²) in [5.74, 6) is 2.40. The van der Waals surface area contributed by atoms with Gasteiger partial charge in [0, 0.05) is 18.0 Å². The summed E-state index contributed by atoms with van der Waals surface area (Å²) < 4.78 is 0. The molecule has 0 aliphatic carbocycles. The Balaban J connectivity index is 1.99. The number of nitrogens with zero attached hydrogens (tertiary/aromatic N) is 1. The van der Waals surface area contributed by atoms with E-state index in [1.54, 1.807) is 4.90 Å². The van der Waals surface area contributed by atoms with E-state index in [2.05, 4.69) is 25.2 Å². The van der Waals surface area contributed by atoms with Gasteiger partial charge in [0.15, 0.2) is 0 Å². The molecule has 1 aliphatic heterocycles. The first-order valence-electron chi connectivity index (χ1n) is 7.50. The second-order valence-electron chi connectivity index (χ2n) is 5.48. The number of aliphatic hydroxyl groups is 1. The standard InChI is InChI=1S/C16H24N2O2S/c1-3-21-11-13-5-4-6-14(9-13)17-16(20)18-8-7-12(2)15(18)10-19/h4-6,9,12,15,19H,3,7-8,10-11H2,1-2H3,(H,17,20)/t12-,15-/m1/s1. The molecule has 1 saturated heterocycles. The lowest BCUT2D eigenvalue weighted by Crippen LogP contribution is -2.42. The summed E-state index contributed by atoms with van der Waals surface area (Å²) in [6.45, 7) is 4.96. The van der Waals surface area contributed by atoms with Crippen LogP contribution in [0.3, 0.4) is 0 Å². The van der Waals surface area contributed by atoms with Gasteiger partial charge in [-0.15, -0.1) is 0 Å². The molecule has 0 saturated carbocycles. The molecule has 116 valence electrons. The quantitative estimate of drug-likeness (QED) is 0.878. The van der Waals surface area contributed by atoms with Crippen LogP contribution in [0.5, 0.6) is 0 Å². The molecule has 2 atom stereocenters. The number of benzene rings is 1. The van der Waals surface area contributed by atoms with Gasteiger partial charge in [-0.3, -0.25) is 0 Å². The van der Waals surface area contributed by atoms with Crippen molar-refractivity contribution < 1.29 is 9.90 Å². The van der Waals surface area contributed by atoms with Gasteiger partial charge in [-0.1, -0.05) is 26.0 Å². The van der Waals surface area contributed by atoms with E-state index in [4.69, 9.17) is 0 Å². The van der Waals surface area contributed by atoms with Crippen molar-refractivity contribution in [3.63, 3.8) is 0 Å². The molecule has 2 N–H and O–H groups in total. The van der Waals surface area contributed by atoms with E-state index in [1.165, 1.54) is 5.56 Å². The van der Waals surface area contributed by atoms with Gasteiger partial charge in [-0.25, -0.2) is 4.79 Å². The molecule has 0 unspecified atom stereocenters.